The average molecular weight is 651 g/mol. The van der Waals surface area contributed by atoms with E-state index >= 15 is 4.57 Å². The molecule has 0 spiro atoms. The first-order valence-corrected chi connectivity index (χ1v) is 18.0. The number of fused-ring (bicyclic) bond motifs is 9. The van der Waals surface area contributed by atoms with Gasteiger partial charge in [0.05, 0.1) is 0 Å². The minimum Gasteiger partial charge on any atom is -0.456 e. The lowest BCUT2D eigenvalue weighted by Gasteiger charge is -2.24. The second-order valence-electron chi connectivity index (χ2n) is 12.4. The summed E-state index contributed by atoms with van der Waals surface area (Å²) in [5, 5.41) is 8.45. The van der Waals surface area contributed by atoms with E-state index < -0.39 is 7.14 Å². The summed E-state index contributed by atoms with van der Waals surface area (Å²) in [6.07, 6.45) is 0. The molecule has 9 aromatic rings. The van der Waals surface area contributed by atoms with Gasteiger partial charge in [0, 0.05) is 37.5 Å². The van der Waals surface area contributed by atoms with Crippen LogP contribution in [0.25, 0.3) is 54.6 Å². The fraction of sp³-hybridized carbons (Fsp3) is 0. The van der Waals surface area contributed by atoms with Crippen molar-refractivity contribution >= 4 is 66.5 Å². The maximum atomic E-state index is 15.0. The summed E-state index contributed by atoms with van der Waals surface area (Å²) < 4.78 is 34.8. The van der Waals surface area contributed by atoms with Crippen LogP contribution in [0.3, 0.4) is 0 Å². The second-order valence-corrected chi connectivity index (χ2v) is 15.2. The fourth-order valence-corrected chi connectivity index (χ4v) is 9.89. The van der Waals surface area contributed by atoms with E-state index in [-0.39, 0.29) is 0 Å². The van der Waals surface area contributed by atoms with Crippen molar-refractivity contribution in [1.29, 1.82) is 0 Å². The summed E-state index contributed by atoms with van der Waals surface area (Å²) in [6.45, 7) is 0. The zero-order valence-electron chi connectivity index (χ0n) is 26.2. The van der Waals surface area contributed by atoms with Crippen molar-refractivity contribution in [2.24, 2.45) is 0 Å². The van der Waals surface area contributed by atoms with Gasteiger partial charge in [0.15, 0.2) is 30.1 Å². The van der Waals surface area contributed by atoms with Crippen LogP contribution in [0.1, 0.15) is 0 Å². The maximum absolute atomic E-state index is 15.0. The summed E-state index contributed by atoms with van der Waals surface area (Å²) in [7, 11) is -3.14. The first kappa shape index (κ1) is 28.0. The van der Waals surface area contributed by atoms with Gasteiger partial charge in [-0.05, 0) is 64.4 Å². The van der Waals surface area contributed by atoms with Crippen molar-refractivity contribution < 1.29 is 18.5 Å². The van der Waals surface area contributed by atoms with Crippen molar-refractivity contribution in [2.75, 3.05) is 0 Å². The van der Waals surface area contributed by atoms with Crippen LogP contribution in [-0.4, -0.2) is 0 Å². The number of rotatable bonds is 4. The number of hydrogen-bond donors (Lipinski definition) is 0. The van der Waals surface area contributed by atoms with Gasteiger partial charge in [0.1, 0.15) is 11.2 Å². The molecule has 1 aromatic heterocycles. The molecule has 1 aliphatic rings. The Balaban J connectivity index is 1.11. The van der Waals surface area contributed by atoms with Crippen LogP contribution in [-0.2, 0) is 4.57 Å². The summed E-state index contributed by atoms with van der Waals surface area (Å²) in [6, 6.07) is 54.3. The van der Waals surface area contributed by atoms with E-state index in [9.17, 15) is 0 Å². The lowest BCUT2D eigenvalue weighted by molar-refractivity contribution is 0.367. The van der Waals surface area contributed by atoms with Gasteiger partial charge in [-0.15, -0.1) is 0 Å². The highest BCUT2D eigenvalue weighted by Crippen LogP contribution is 2.53. The predicted molar refractivity (Wildman–Crippen MR) is 200 cm³/mol. The molecule has 49 heavy (non-hydrogen) atoms. The molecule has 0 fully saturated rings. The molecule has 1 aliphatic heterocycles. The van der Waals surface area contributed by atoms with Gasteiger partial charge < -0.3 is 18.5 Å². The number of furan rings is 1. The van der Waals surface area contributed by atoms with Crippen molar-refractivity contribution in [3.05, 3.63) is 164 Å². The zero-order chi connectivity index (χ0) is 32.5. The van der Waals surface area contributed by atoms with Crippen molar-refractivity contribution in [3.8, 4) is 34.1 Å². The third-order valence-corrected chi connectivity index (χ3v) is 12.7. The van der Waals surface area contributed by atoms with Crippen LogP contribution in [0.2, 0.25) is 0 Å². The van der Waals surface area contributed by atoms with E-state index in [1.54, 1.807) is 0 Å². The first-order valence-electron chi connectivity index (χ1n) is 16.3. The molecular formula is C44H27O4P. The van der Waals surface area contributed by atoms with Crippen LogP contribution in [0.5, 0.6) is 23.0 Å². The minimum absolute atomic E-state index is 0.670. The molecule has 232 valence electrons. The molecule has 0 aliphatic carbocycles. The van der Waals surface area contributed by atoms with Crippen molar-refractivity contribution in [3.63, 3.8) is 0 Å². The van der Waals surface area contributed by atoms with Gasteiger partial charge in [-0.3, -0.25) is 0 Å². The summed E-state index contributed by atoms with van der Waals surface area (Å²) in [4.78, 5) is 0. The van der Waals surface area contributed by atoms with E-state index in [0.717, 1.165) is 70.7 Å². The SMILES string of the molecule is O=P(c1ccccc1)(c1ccccc1)c1ccc2c(c1)oc1cc(-c3cc4c(c5ccccc35)Oc3c(ccc5ccccc35)O4)ccc12. The molecule has 0 bridgehead atoms. The quantitative estimate of drug-likeness (QED) is 0.178. The molecule has 0 radical (unpaired) electrons. The molecule has 2 heterocycles. The molecule has 0 amide bonds. The van der Waals surface area contributed by atoms with Crippen molar-refractivity contribution in [1.82, 2.24) is 0 Å². The smallest absolute Gasteiger partial charge is 0.178 e. The highest BCUT2D eigenvalue weighted by atomic mass is 31.2. The van der Waals surface area contributed by atoms with Gasteiger partial charge in [-0.2, -0.15) is 0 Å². The second kappa shape index (κ2) is 10.7. The minimum atomic E-state index is -3.14. The van der Waals surface area contributed by atoms with Crippen LogP contribution < -0.4 is 25.4 Å². The average Bonchev–Trinajstić information content (AvgIpc) is 3.54. The fourth-order valence-electron chi connectivity index (χ4n) is 7.22. The Morgan fingerprint density at radius 3 is 1.78 bits per heavy atom. The third-order valence-electron chi connectivity index (χ3n) is 9.60. The predicted octanol–water partition coefficient (Wildman–Crippen LogP) is 11.1. The van der Waals surface area contributed by atoms with Gasteiger partial charge in [-0.25, -0.2) is 0 Å². The molecule has 0 unspecified atom stereocenters. The Bertz CT molecular complexity index is 2760. The highest BCUT2D eigenvalue weighted by Gasteiger charge is 2.30. The number of ether oxygens (including phenoxy) is 2. The normalized spacial score (nSPS) is 12.5. The van der Waals surface area contributed by atoms with E-state index in [4.69, 9.17) is 13.9 Å². The molecule has 5 heteroatoms. The standard InChI is InChI=1S/C44H27O4P/c45-49(30-12-3-1-4-13-30,31-14-5-2-6-15-31)32-21-23-36-35-22-19-29(25-40(35)47-41(36)26-32)38-27-42-44(37-18-10-9-17-34(37)38)48-43-33-16-8-7-11-28(33)20-24-39(43)46-42/h1-27H. The van der Waals surface area contributed by atoms with E-state index in [1.807, 2.05) is 109 Å². The Hall–Kier alpha value is -6.09. The van der Waals surface area contributed by atoms with E-state index in [1.165, 1.54) is 0 Å². The summed E-state index contributed by atoms with van der Waals surface area (Å²) >= 11 is 0. The molecule has 0 saturated carbocycles. The lowest BCUT2D eigenvalue weighted by atomic mass is 9.96. The maximum Gasteiger partial charge on any atom is 0.178 e. The van der Waals surface area contributed by atoms with E-state index in [2.05, 4.69) is 54.6 Å². The monoisotopic (exact) mass is 650 g/mol. The lowest BCUT2D eigenvalue weighted by Crippen LogP contribution is -2.24. The number of benzene rings is 8. The van der Waals surface area contributed by atoms with Gasteiger partial charge in [-0.1, -0.05) is 121 Å². The van der Waals surface area contributed by atoms with Gasteiger partial charge >= 0.3 is 0 Å². The van der Waals surface area contributed by atoms with Gasteiger partial charge in [0.25, 0.3) is 0 Å². The Morgan fingerprint density at radius 2 is 1.02 bits per heavy atom. The molecule has 0 N–H and O–H groups in total. The molecular weight excluding hydrogens is 623 g/mol. The molecule has 8 aromatic carbocycles. The zero-order valence-corrected chi connectivity index (χ0v) is 27.1. The van der Waals surface area contributed by atoms with Crippen LogP contribution >= 0.6 is 7.14 Å². The van der Waals surface area contributed by atoms with Crippen LogP contribution in [0.15, 0.2) is 168 Å². The summed E-state index contributed by atoms with van der Waals surface area (Å²) in [5.41, 5.74) is 3.48. The van der Waals surface area contributed by atoms with Crippen LogP contribution in [0.4, 0.5) is 0 Å². The highest BCUT2D eigenvalue weighted by molar-refractivity contribution is 7.85. The van der Waals surface area contributed by atoms with E-state index in [0.29, 0.717) is 22.8 Å². The Labute approximate surface area is 282 Å². The molecule has 4 nitrogen and oxygen atoms in total. The van der Waals surface area contributed by atoms with Gasteiger partial charge in [0.2, 0.25) is 0 Å². The topological polar surface area (TPSA) is 48.7 Å². The first-order chi connectivity index (χ1) is 24.1. The van der Waals surface area contributed by atoms with Crippen LogP contribution in [0, 0.1) is 0 Å². The molecule has 0 saturated heterocycles. The largest absolute Gasteiger partial charge is 0.456 e. The molecule has 0 atom stereocenters. The third kappa shape index (κ3) is 4.28. The Morgan fingerprint density at radius 1 is 0.408 bits per heavy atom. The summed E-state index contributed by atoms with van der Waals surface area (Å²) in [5.74, 6) is 2.81. The molecule has 10 rings (SSSR count). The van der Waals surface area contributed by atoms with Crippen molar-refractivity contribution in [2.45, 2.75) is 0 Å². The number of hydrogen-bond acceptors (Lipinski definition) is 4. The Kier molecular flexibility index (Phi) is 6.12.